The van der Waals surface area contributed by atoms with Crippen LogP contribution in [0.4, 0.5) is 0 Å². The predicted octanol–water partition coefficient (Wildman–Crippen LogP) is -1.85. The second-order valence-electron chi connectivity index (χ2n) is 1.80. The Morgan fingerprint density at radius 3 is 0.588 bits per heavy atom. The van der Waals surface area contributed by atoms with E-state index in [0.717, 1.165) is 29.8 Å². The monoisotopic (exact) mass is 395 g/mol. The fraction of sp³-hybridized carbons (Fsp3) is 0. The quantitative estimate of drug-likeness (QED) is 0.440. The SMILES string of the molecule is N#[C][Fe]([C]#N)([C]#N)([C]#N)([C]#N)[C]#N.[Cu].[KH].[KH].[KH]. The van der Waals surface area contributed by atoms with Crippen molar-refractivity contribution in [3.8, 4) is 29.8 Å². The zero-order valence-electron chi connectivity index (χ0n) is 6.34. The molecule has 0 saturated heterocycles. The van der Waals surface area contributed by atoms with Gasteiger partial charge in [0.15, 0.2) is 0 Å². The molecule has 0 aliphatic heterocycles. The van der Waals surface area contributed by atoms with Crippen LogP contribution in [0, 0.1) is 61.4 Å². The maximum atomic E-state index is 8.58. The molecule has 0 aliphatic carbocycles. The van der Waals surface area contributed by atoms with E-state index in [1.165, 1.54) is 0 Å². The van der Waals surface area contributed by atoms with Gasteiger partial charge in [0, 0.05) is 17.1 Å². The number of hydrogen-bond acceptors (Lipinski definition) is 6. The van der Waals surface area contributed by atoms with Gasteiger partial charge in [-0.2, -0.15) is 0 Å². The molecule has 0 unspecified atom stereocenters. The fourth-order valence-electron chi connectivity index (χ4n) is 0.265. The second kappa shape index (κ2) is 10.6. The Labute approximate surface area is 236 Å². The van der Waals surface area contributed by atoms with Crippen LogP contribution in [0.15, 0.2) is 0 Å². The molecule has 11 heteroatoms. The average Bonchev–Trinajstić information content (AvgIpc) is 2.26. The zero-order valence-corrected chi connectivity index (χ0v) is 8.38. The molecule has 0 aromatic rings. The Balaban J connectivity index is -0.000000120. The molecule has 0 bridgehead atoms. The third kappa shape index (κ3) is 4.98. The topological polar surface area (TPSA) is 143 Å². The average molecular weight is 396 g/mol. The summed E-state index contributed by atoms with van der Waals surface area (Å²) in [7, 11) is -6.17. The van der Waals surface area contributed by atoms with E-state index in [1.54, 1.807) is 0 Å². The predicted molar refractivity (Wildman–Crippen MR) is 55.1 cm³/mol. The van der Waals surface area contributed by atoms with Gasteiger partial charge in [-0.1, -0.05) is 0 Å². The molecular weight excluding hydrogens is 393 g/mol. The van der Waals surface area contributed by atoms with Gasteiger partial charge in [-0.15, -0.1) is 0 Å². The van der Waals surface area contributed by atoms with E-state index in [0.29, 0.717) is 0 Å². The Hall–Kier alpha value is 2.89. The number of nitriles is 6. The Morgan fingerprint density at radius 2 is 0.588 bits per heavy atom. The van der Waals surface area contributed by atoms with Gasteiger partial charge >= 0.3 is 226 Å². The molecule has 0 spiro atoms. The van der Waals surface area contributed by atoms with Gasteiger partial charge in [0.05, 0.1) is 0 Å². The van der Waals surface area contributed by atoms with Crippen molar-refractivity contribution in [2.75, 3.05) is 0 Å². The van der Waals surface area contributed by atoms with E-state index in [9.17, 15) is 0 Å². The van der Waals surface area contributed by atoms with Crippen LogP contribution < -0.4 is 0 Å². The van der Waals surface area contributed by atoms with Crippen LogP contribution in [0.5, 0.6) is 0 Å². The van der Waals surface area contributed by atoms with Crippen molar-refractivity contribution in [1.82, 2.24) is 0 Å². The first-order valence-corrected chi connectivity index (χ1v) is 5.71. The van der Waals surface area contributed by atoms with Crippen molar-refractivity contribution in [2.45, 2.75) is 0 Å². The first-order chi connectivity index (χ1) is 5.97. The van der Waals surface area contributed by atoms with Crippen LogP contribution in [0.25, 0.3) is 0 Å². The summed E-state index contributed by atoms with van der Waals surface area (Å²) in [5.41, 5.74) is 0. The molecule has 0 fully saturated rings. The van der Waals surface area contributed by atoms with Gasteiger partial charge in [-0.25, -0.2) is 0 Å². The van der Waals surface area contributed by atoms with Crippen molar-refractivity contribution in [1.29, 1.82) is 31.6 Å². The molecule has 0 atom stereocenters. The third-order valence-electron chi connectivity index (χ3n) is 1.19. The van der Waals surface area contributed by atoms with E-state index in [4.69, 9.17) is 31.6 Å². The minimum absolute atomic E-state index is 0. The molecule has 0 aromatic heterocycles. The van der Waals surface area contributed by atoms with E-state index >= 15 is 0 Å². The number of nitrogens with zero attached hydrogens (tertiary/aromatic N) is 6. The van der Waals surface area contributed by atoms with E-state index in [1.807, 2.05) is 0 Å². The van der Waals surface area contributed by atoms with Gasteiger partial charge in [-0.05, 0) is 0 Å². The van der Waals surface area contributed by atoms with Crippen LogP contribution in [0.1, 0.15) is 0 Å². The molecule has 17 heavy (non-hydrogen) atoms. The van der Waals surface area contributed by atoms with Crippen LogP contribution in [0.3, 0.4) is 0 Å². The Bertz CT molecular complexity index is 404. The van der Waals surface area contributed by atoms with Gasteiger partial charge in [0.1, 0.15) is 0 Å². The van der Waals surface area contributed by atoms with Crippen molar-refractivity contribution in [3.63, 3.8) is 0 Å². The van der Waals surface area contributed by atoms with E-state index in [-0.39, 0.29) is 171 Å². The van der Waals surface area contributed by atoms with Crippen LogP contribution in [-0.4, -0.2) is 154 Å². The van der Waals surface area contributed by atoms with Crippen molar-refractivity contribution in [2.24, 2.45) is 0 Å². The Kier molecular flexibility index (Phi) is 19.9. The fourth-order valence-corrected chi connectivity index (χ4v) is 1.09. The first-order valence-electron chi connectivity index (χ1n) is 2.40. The summed E-state index contributed by atoms with van der Waals surface area (Å²) >= 11 is 0. The van der Waals surface area contributed by atoms with Crippen LogP contribution >= 0.6 is 0 Å². The summed E-state index contributed by atoms with van der Waals surface area (Å²) in [5, 5.41) is 51.5. The molecule has 0 saturated carbocycles. The first kappa shape index (κ1) is 32.0. The summed E-state index contributed by atoms with van der Waals surface area (Å²) in [4.78, 5) is 6.19. The number of rotatable bonds is 0. The molecule has 6 nitrogen and oxygen atoms in total. The summed E-state index contributed by atoms with van der Waals surface area (Å²) in [6.07, 6.45) is 0. The van der Waals surface area contributed by atoms with Crippen LogP contribution in [-0.2, 0) is 27.8 Å². The normalized spacial score (nSPS) is 10.2. The number of hydrogen-bond donors (Lipinski definition) is 0. The van der Waals surface area contributed by atoms with E-state index < -0.39 is 10.7 Å². The second-order valence-corrected chi connectivity index (χ2v) is 7.42. The molecule has 0 aliphatic rings. The summed E-state index contributed by atoms with van der Waals surface area (Å²) in [6, 6.07) is 0. The summed E-state index contributed by atoms with van der Waals surface area (Å²) in [6.45, 7) is 0. The molecule has 79 valence electrons. The van der Waals surface area contributed by atoms with Gasteiger partial charge in [0.2, 0.25) is 0 Å². The van der Waals surface area contributed by atoms with Gasteiger partial charge < -0.3 is 0 Å². The molecule has 0 rings (SSSR count). The van der Waals surface area contributed by atoms with Gasteiger partial charge in [-0.3, -0.25) is 0 Å². The maximum absolute atomic E-state index is 8.58. The van der Waals surface area contributed by atoms with Crippen LogP contribution in [0.2, 0.25) is 0 Å². The standard InChI is InChI=1S/6CN.Cu.Fe.3K.3H/c6*1-2;;;;;;;;. The van der Waals surface area contributed by atoms with Gasteiger partial charge in [0.25, 0.3) is 0 Å². The third-order valence-corrected chi connectivity index (χ3v) is 4.89. The molecule has 1 radical (unpaired) electrons. The molecule has 0 N–H and O–H groups in total. The molecule has 0 heterocycles. The summed E-state index contributed by atoms with van der Waals surface area (Å²) in [5.74, 6) is 0. The van der Waals surface area contributed by atoms with Crippen molar-refractivity contribution in [3.05, 3.63) is 0 Å². The Morgan fingerprint density at radius 1 is 0.471 bits per heavy atom. The summed E-state index contributed by atoms with van der Waals surface area (Å²) < 4.78 is 0. The zero-order chi connectivity index (χ0) is 10.7. The van der Waals surface area contributed by atoms with Crippen molar-refractivity contribution < 1.29 is 27.8 Å². The minimum atomic E-state index is -6.17. The van der Waals surface area contributed by atoms with E-state index in [2.05, 4.69) is 0 Å². The molecule has 0 amide bonds. The van der Waals surface area contributed by atoms with Crippen molar-refractivity contribution >= 4 is 154 Å². The molecule has 0 aromatic carbocycles. The molecular formula is C6H3CuFeK3N6.